The molecule has 4 heteroatoms. The molecule has 1 fully saturated rings. The lowest BCUT2D eigenvalue weighted by atomic mass is 10.2. The van der Waals surface area contributed by atoms with Crippen LogP contribution in [0.15, 0.2) is 6.07 Å². The van der Waals surface area contributed by atoms with Crippen LogP contribution in [0.3, 0.4) is 0 Å². The zero-order valence-electron chi connectivity index (χ0n) is 10.3. The first-order valence-electron chi connectivity index (χ1n) is 6.02. The number of anilines is 1. The van der Waals surface area contributed by atoms with Crippen molar-refractivity contribution in [2.45, 2.75) is 33.2 Å². The summed E-state index contributed by atoms with van der Waals surface area (Å²) in [5.74, 6) is 1.96. The van der Waals surface area contributed by atoms with Gasteiger partial charge in [-0.15, -0.1) is 0 Å². The Hall–Kier alpha value is -1.16. The molecule has 0 amide bonds. The Labute approximate surface area is 97.1 Å². The number of hydrogen-bond donors (Lipinski definition) is 1. The molecule has 1 aliphatic heterocycles. The van der Waals surface area contributed by atoms with Crippen LogP contribution in [-0.2, 0) is 6.42 Å². The maximum absolute atomic E-state index is 4.53. The second kappa shape index (κ2) is 4.78. The summed E-state index contributed by atoms with van der Waals surface area (Å²) in [4.78, 5) is 11.3. The summed E-state index contributed by atoms with van der Waals surface area (Å²) in [6.45, 7) is 9.40. The molecule has 0 bridgehead atoms. The number of nitrogens with zero attached hydrogens (tertiary/aromatic N) is 3. The Kier molecular flexibility index (Phi) is 3.39. The second-order valence-electron chi connectivity index (χ2n) is 4.42. The molecule has 16 heavy (non-hydrogen) atoms. The van der Waals surface area contributed by atoms with E-state index >= 15 is 0 Å². The third-order valence-corrected chi connectivity index (χ3v) is 2.93. The Bertz CT molecular complexity index is 364. The molecule has 0 aromatic carbocycles. The van der Waals surface area contributed by atoms with E-state index in [-0.39, 0.29) is 0 Å². The van der Waals surface area contributed by atoms with Crippen molar-refractivity contribution in [2.24, 2.45) is 0 Å². The zero-order chi connectivity index (χ0) is 11.5. The van der Waals surface area contributed by atoms with Crippen LogP contribution in [0.1, 0.15) is 25.4 Å². The summed E-state index contributed by atoms with van der Waals surface area (Å²) in [6.07, 6.45) is 0.970. The first-order valence-corrected chi connectivity index (χ1v) is 6.02. The van der Waals surface area contributed by atoms with Crippen LogP contribution >= 0.6 is 0 Å². The lowest BCUT2D eigenvalue weighted by Crippen LogP contribution is -2.49. The Morgan fingerprint density at radius 2 is 2.31 bits per heavy atom. The van der Waals surface area contributed by atoms with Gasteiger partial charge in [-0.1, -0.05) is 6.92 Å². The first kappa shape index (κ1) is 11.3. The van der Waals surface area contributed by atoms with Crippen LogP contribution in [0.25, 0.3) is 0 Å². The molecule has 88 valence electrons. The minimum Gasteiger partial charge on any atom is -0.354 e. The largest absolute Gasteiger partial charge is 0.354 e. The summed E-state index contributed by atoms with van der Waals surface area (Å²) in [7, 11) is 0. The van der Waals surface area contributed by atoms with Gasteiger partial charge < -0.3 is 10.2 Å². The molecule has 1 aromatic rings. The Balaban J connectivity index is 2.21. The number of aryl methyl sites for hydroxylation is 2. The van der Waals surface area contributed by atoms with Crippen molar-refractivity contribution in [3.8, 4) is 0 Å². The molecule has 1 N–H and O–H groups in total. The smallest absolute Gasteiger partial charge is 0.132 e. The summed E-state index contributed by atoms with van der Waals surface area (Å²) >= 11 is 0. The first-order chi connectivity index (χ1) is 7.69. The van der Waals surface area contributed by atoms with E-state index in [1.54, 1.807) is 0 Å². The van der Waals surface area contributed by atoms with Gasteiger partial charge in [0.05, 0.1) is 0 Å². The summed E-state index contributed by atoms with van der Waals surface area (Å²) in [5.41, 5.74) is 1.13. The van der Waals surface area contributed by atoms with Crippen molar-refractivity contribution in [1.29, 1.82) is 0 Å². The van der Waals surface area contributed by atoms with E-state index in [4.69, 9.17) is 0 Å². The highest BCUT2D eigenvalue weighted by molar-refractivity contribution is 5.40. The van der Waals surface area contributed by atoms with Crippen molar-refractivity contribution in [1.82, 2.24) is 15.3 Å². The molecular weight excluding hydrogens is 200 g/mol. The molecule has 0 aliphatic carbocycles. The van der Waals surface area contributed by atoms with Crippen molar-refractivity contribution in [3.05, 3.63) is 17.6 Å². The molecule has 0 saturated carbocycles. The van der Waals surface area contributed by atoms with Gasteiger partial charge >= 0.3 is 0 Å². The van der Waals surface area contributed by atoms with Crippen LogP contribution < -0.4 is 10.2 Å². The van der Waals surface area contributed by atoms with Gasteiger partial charge in [-0.3, -0.25) is 0 Å². The molecule has 4 nitrogen and oxygen atoms in total. The lowest BCUT2D eigenvalue weighted by Gasteiger charge is -2.33. The topological polar surface area (TPSA) is 41.0 Å². The third-order valence-electron chi connectivity index (χ3n) is 2.93. The van der Waals surface area contributed by atoms with E-state index in [9.17, 15) is 0 Å². The molecule has 1 aromatic heterocycles. The quantitative estimate of drug-likeness (QED) is 0.811. The predicted octanol–water partition coefficient (Wildman–Crippen LogP) is 1.15. The lowest BCUT2D eigenvalue weighted by molar-refractivity contribution is 0.481. The second-order valence-corrected chi connectivity index (χ2v) is 4.42. The van der Waals surface area contributed by atoms with Gasteiger partial charge in [-0.25, -0.2) is 9.97 Å². The van der Waals surface area contributed by atoms with Gasteiger partial charge in [0.15, 0.2) is 0 Å². The average molecular weight is 220 g/mol. The maximum atomic E-state index is 4.53. The highest BCUT2D eigenvalue weighted by Crippen LogP contribution is 2.14. The number of aromatic nitrogens is 2. The van der Waals surface area contributed by atoms with E-state index in [1.165, 1.54) is 0 Å². The van der Waals surface area contributed by atoms with Gasteiger partial charge in [0.25, 0.3) is 0 Å². The fourth-order valence-electron chi connectivity index (χ4n) is 2.10. The van der Waals surface area contributed by atoms with E-state index < -0.39 is 0 Å². The summed E-state index contributed by atoms with van der Waals surface area (Å²) < 4.78 is 0. The van der Waals surface area contributed by atoms with E-state index in [0.29, 0.717) is 6.04 Å². The average Bonchev–Trinajstić information content (AvgIpc) is 2.28. The van der Waals surface area contributed by atoms with E-state index in [1.807, 2.05) is 6.92 Å². The zero-order valence-corrected chi connectivity index (χ0v) is 10.3. The fraction of sp³-hybridized carbons (Fsp3) is 0.667. The van der Waals surface area contributed by atoms with Crippen LogP contribution in [0.2, 0.25) is 0 Å². The van der Waals surface area contributed by atoms with E-state index in [0.717, 1.165) is 43.4 Å². The molecule has 2 heterocycles. The highest BCUT2D eigenvalue weighted by Gasteiger charge is 2.17. The Morgan fingerprint density at radius 1 is 1.50 bits per heavy atom. The normalized spacial score (nSPS) is 21.2. The third kappa shape index (κ3) is 2.50. The number of hydrogen-bond acceptors (Lipinski definition) is 4. The van der Waals surface area contributed by atoms with Crippen molar-refractivity contribution >= 4 is 5.82 Å². The summed E-state index contributed by atoms with van der Waals surface area (Å²) in [5, 5.41) is 3.44. The van der Waals surface area contributed by atoms with Gasteiger partial charge in [0.2, 0.25) is 0 Å². The predicted molar refractivity (Wildman–Crippen MR) is 65.8 cm³/mol. The molecule has 1 aliphatic rings. The number of nitrogens with one attached hydrogen (secondary N) is 1. The van der Waals surface area contributed by atoms with Crippen LogP contribution in [0.4, 0.5) is 5.82 Å². The van der Waals surface area contributed by atoms with Crippen LogP contribution in [0.5, 0.6) is 0 Å². The molecule has 2 rings (SSSR count). The molecule has 1 saturated heterocycles. The van der Waals surface area contributed by atoms with Crippen LogP contribution in [-0.4, -0.2) is 35.6 Å². The molecule has 1 atom stereocenters. The number of piperazine rings is 1. The monoisotopic (exact) mass is 220 g/mol. The van der Waals surface area contributed by atoms with E-state index in [2.05, 4.69) is 40.1 Å². The van der Waals surface area contributed by atoms with Crippen molar-refractivity contribution in [2.75, 3.05) is 24.5 Å². The maximum Gasteiger partial charge on any atom is 0.132 e. The highest BCUT2D eigenvalue weighted by atomic mass is 15.2. The number of rotatable bonds is 2. The molecular formula is C12H20N4. The van der Waals surface area contributed by atoms with Gasteiger partial charge in [0.1, 0.15) is 11.6 Å². The minimum atomic E-state index is 0.536. The minimum absolute atomic E-state index is 0.536. The SMILES string of the molecule is CCc1cc(N2CCN[C@@H](C)C2)nc(C)n1. The Morgan fingerprint density at radius 3 is 3.00 bits per heavy atom. The van der Waals surface area contributed by atoms with Gasteiger partial charge in [-0.05, 0) is 20.3 Å². The van der Waals surface area contributed by atoms with Crippen LogP contribution in [0, 0.1) is 6.92 Å². The van der Waals surface area contributed by atoms with Crippen molar-refractivity contribution < 1.29 is 0 Å². The molecule has 0 spiro atoms. The summed E-state index contributed by atoms with van der Waals surface area (Å²) in [6, 6.07) is 2.65. The van der Waals surface area contributed by atoms with Crippen molar-refractivity contribution in [3.63, 3.8) is 0 Å². The van der Waals surface area contributed by atoms with Gasteiger partial charge in [0, 0.05) is 37.4 Å². The van der Waals surface area contributed by atoms with Gasteiger partial charge in [-0.2, -0.15) is 0 Å². The molecule has 0 radical (unpaired) electrons. The standard InChI is InChI=1S/C12H20N4/c1-4-11-7-12(15-10(3)14-11)16-6-5-13-9(2)8-16/h7,9,13H,4-6,8H2,1-3H3/t9-/m0/s1. The fourth-order valence-corrected chi connectivity index (χ4v) is 2.10. The molecule has 0 unspecified atom stereocenters.